The number of rotatable bonds is 12. The van der Waals surface area contributed by atoms with Crippen molar-refractivity contribution in [3.8, 4) is 0 Å². The minimum atomic E-state index is -0.707. The number of carbonyl (C=O) groups is 2. The molecule has 7 rings (SSSR count). The molecule has 2 aliphatic carbocycles. The van der Waals surface area contributed by atoms with Crippen LogP contribution in [0.4, 0.5) is 9.59 Å². The lowest BCUT2D eigenvalue weighted by Crippen LogP contribution is -2.67. The van der Waals surface area contributed by atoms with Gasteiger partial charge in [-0.15, -0.1) is 0 Å². The molecule has 0 bridgehead atoms. The van der Waals surface area contributed by atoms with Crippen molar-refractivity contribution in [3.63, 3.8) is 0 Å². The molecule has 2 saturated heterocycles. The van der Waals surface area contributed by atoms with Gasteiger partial charge in [0.05, 0.1) is 31.0 Å². The van der Waals surface area contributed by atoms with Gasteiger partial charge in [-0.25, -0.2) is 9.59 Å². The number of alkyl carbamates (subject to hydrolysis) is 2. The lowest BCUT2D eigenvalue weighted by molar-refractivity contribution is -0.273. The zero-order valence-electron chi connectivity index (χ0n) is 31.3. The number of carbonyl (C=O) groups excluding carboxylic acids is 2. The molecule has 11 nitrogen and oxygen atoms in total. The molecule has 0 radical (unpaired) electrons. The van der Waals surface area contributed by atoms with E-state index >= 15 is 0 Å². The van der Waals surface area contributed by atoms with E-state index < -0.39 is 48.6 Å². The molecule has 11 heteroatoms. The molecule has 2 amide bonds. The van der Waals surface area contributed by atoms with E-state index in [4.69, 9.17) is 33.2 Å². The first-order chi connectivity index (χ1) is 26.4. The fourth-order valence-corrected chi connectivity index (χ4v) is 8.22. The number of hydrogen-bond acceptors (Lipinski definition) is 9. The Kier molecular flexibility index (Phi) is 12.8. The first kappa shape index (κ1) is 38.3. The highest BCUT2D eigenvalue weighted by molar-refractivity contribution is 5.68. The Hall–Kier alpha value is -4.00. The van der Waals surface area contributed by atoms with Crippen LogP contribution in [-0.2, 0) is 53.0 Å². The third kappa shape index (κ3) is 9.62. The van der Waals surface area contributed by atoms with Gasteiger partial charge in [-0.2, -0.15) is 0 Å². The molecule has 2 heterocycles. The molecule has 5 unspecified atom stereocenters. The summed E-state index contributed by atoms with van der Waals surface area (Å²) in [5.74, 6) is -0.825. The number of benzene rings is 3. The maximum atomic E-state index is 13.6. The molecular weight excluding hydrogens is 688 g/mol. The largest absolute Gasteiger partial charge is 0.445 e. The summed E-state index contributed by atoms with van der Waals surface area (Å²) in [6, 6.07) is 28.5. The minimum Gasteiger partial charge on any atom is -0.445 e. The molecule has 2 N–H and O–H groups in total. The monoisotopic (exact) mass is 742 g/mol. The fraction of sp³-hybridized carbons (Fsp3) is 0.535. The van der Waals surface area contributed by atoms with E-state index in [9.17, 15) is 9.59 Å². The summed E-state index contributed by atoms with van der Waals surface area (Å²) in [5, 5.41) is 6.03. The first-order valence-electron chi connectivity index (χ1n) is 19.6. The average molecular weight is 743 g/mol. The van der Waals surface area contributed by atoms with E-state index in [-0.39, 0.29) is 43.8 Å². The molecular formula is C43H54N2O9. The Labute approximate surface area is 318 Å². The Morgan fingerprint density at radius 1 is 0.704 bits per heavy atom. The summed E-state index contributed by atoms with van der Waals surface area (Å²) in [7, 11) is 0. The summed E-state index contributed by atoms with van der Waals surface area (Å²) in [4.78, 5) is 26.2. The Bertz CT molecular complexity index is 1620. The van der Waals surface area contributed by atoms with E-state index in [0.717, 1.165) is 61.6 Å². The van der Waals surface area contributed by atoms with Crippen LogP contribution in [0.2, 0.25) is 0 Å². The molecule has 2 aliphatic heterocycles. The SMILES string of the molecule is CC1CCC(CNC(=O)OCc2ccccc2)O[C@@H]1OC1C2OC3(CCCCC3)O[C@H]2[C@H](C)C(OCc2ccccc2)[C@@H]1NC(=O)OCc1ccccc1. The van der Waals surface area contributed by atoms with Crippen LogP contribution in [0.5, 0.6) is 0 Å². The van der Waals surface area contributed by atoms with E-state index in [0.29, 0.717) is 6.61 Å². The summed E-state index contributed by atoms with van der Waals surface area (Å²) < 4.78 is 45.4. The molecule has 1 spiro atoms. The van der Waals surface area contributed by atoms with Gasteiger partial charge in [0.1, 0.15) is 25.4 Å². The molecule has 3 aromatic rings. The van der Waals surface area contributed by atoms with Gasteiger partial charge in [0.15, 0.2) is 12.1 Å². The van der Waals surface area contributed by atoms with Crippen molar-refractivity contribution >= 4 is 12.2 Å². The Balaban J connectivity index is 1.10. The van der Waals surface area contributed by atoms with Crippen LogP contribution >= 0.6 is 0 Å². The lowest BCUT2D eigenvalue weighted by Gasteiger charge is -2.48. The summed E-state index contributed by atoms with van der Waals surface area (Å²) >= 11 is 0. The van der Waals surface area contributed by atoms with Crippen molar-refractivity contribution in [2.75, 3.05) is 6.54 Å². The molecule has 3 aromatic carbocycles. The van der Waals surface area contributed by atoms with Crippen LogP contribution in [0.15, 0.2) is 91.0 Å². The van der Waals surface area contributed by atoms with Gasteiger partial charge in [0, 0.05) is 31.2 Å². The molecule has 2 saturated carbocycles. The van der Waals surface area contributed by atoms with Crippen molar-refractivity contribution in [3.05, 3.63) is 108 Å². The normalized spacial score (nSPS) is 30.2. The van der Waals surface area contributed by atoms with Crippen LogP contribution < -0.4 is 10.6 Å². The molecule has 4 fully saturated rings. The molecule has 4 aliphatic rings. The zero-order chi connectivity index (χ0) is 37.3. The van der Waals surface area contributed by atoms with E-state index in [2.05, 4.69) is 24.5 Å². The fourth-order valence-electron chi connectivity index (χ4n) is 8.22. The summed E-state index contributed by atoms with van der Waals surface area (Å²) in [5.41, 5.74) is 2.81. The van der Waals surface area contributed by atoms with E-state index in [1.807, 2.05) is 91.0 Å². The number of fused-ring (bicyclic) bond motifs is 1. The highest BCUT2D eigenvalue weighted by atomic mass is 16.8. The summed E-state index contributed by atoms with van der Waals surface area (Å²) in [6.45, 7) is 5.12. The standard InChI is InChI=1S/C43H54N2O9/c1-29-21-22-34(25-44-41(46)49-27-32-17-9-4-10-18-32)51-40(29)52-38-35(45-42(47)50-28-33-19-11-5-12-20-33)36(48-26-31-15-7-3-8-16-31)30(2)37-39(38)54-43(53-37)23-13-6-14-24-43/h3-5,7-12,15-20,29-30,34-40H,6,13-14,21-28H2,1-2H3,(H,44,46)(H,45,47)/t29?,30-,34?,35+,36?,37+,38?,39?,40-/m1/s1. The second-order valence-corrected chi connectivity index (χ2v) is 15.2. The Morgan fingerprint density at radius 3 is 1.91 bits per heavy atom. The number of amides is 2. The quantitative estimate of drug-likeness (QED) is 0.195. The highest BCUT2D eigenvalue weighted by Gasteiger charge is 2.61. The third-order valence-corrected chi connectivity index (χ3v) is 11.2. The number of ether oxygens (including phenoxy) is 7. The van der Waals surface area contributed by atoms with E-state index in [1.165, 1.54) is 0 Å². The smallest absolute Gasteiger partial charge is 0.407 e. The first-order valence-corrected chi connectivity index (χ1v) is 19.6. The van der Waals surface area contributed by atoms with Gasteiger partial charge >= 0.3 is 12.2 Å². The van der Waals surface area contributed by atoms with Crippen molar-refractivity contribution in [1.29, 1.82) is 0 Å². The topological polar surface area (TPSA) is 123 Å². The number of hydrogen-bond donors (Lipinski definition) is 2. The Morgan fingerprint density at radius 2 is 1.28 bits per heavy atom. The molecule has 0 aromatic heterocycles. The van der Waals surface area contributed by atoms with Crippen molar-refractivity contribution in [1.82, 2.24) is 10.6 Å². The molecule has 54 heavy (non-hydrogen) atoms. The average Bonchev–Trinajstić information content (AvgIpc) is 3.57. The van der Waals surface area contributed by atoms with Crippen molar-refractivity contribution in [2.45, 2.75) is 127 Å². The van der Waals surface area contributed by atoms with Gasteiger partial charge in [0.2, 0.25) is 0 Å². The molecule has 290 valence electrons. The maximum Gasteiger partial charge on any atom is 0.407 e. The van der Waals surface area contributed by atoms with Crippen molar-refractivity contribution < 1.29 is 42.7 Å². The third-order valence-electron chi connectivity index (χ3n) is 11.2. The van der Waals surface area contributed by atoms with Crippen LogP contribution in [0.3, 0.4) is 0 Å². The van der Waals surface area contributed by atoms with Crippen LogP contribution in [0.25, 0.3) is 0 Å². The predicted octanol–water partition coefficient (Wildman–Crippen LogP) is 7.41. The highest BCUT2D eigenvalue weighted by Crippen LogP contribution is 2.48. The lowest BCUT2D eigenvalue weighted by atomic mass is 9.77. The van der Waals surface area contributed by atoms with Gasteiger partial charge in [-0.1, -0.05) is 111 Å². The maximum absolute atomic E-state index is 13.6. The van der Waals surface area contributed by atoms with E-state index in [1.54, 1.807) is 0 Å². The van der Waals surface area contributed by atoms with Gasteiger partial charge in [0.25, 0.3) is 0 Å². The van der Waals surface area contributed by atoms with Gasteiger partial charge in [-0.05, 0) is 42.4 Å². The summed E-state index contributed by atoms with van der Waals surface area (Å²) in [6.07, 6.45) is 2.32. The van der Waals surface area contributed by atoms with Gasteiger partial charge < -0.3 is 43.8 Å². The van der Waals surface area contributed by atoms with Gasteiger partial charge in [-0.3, -0.25) is 0 Å². The van der Waals surface area contributed by atoms with Crippen LogP contribution in [0.1, 0.15) is 75.5 Å². The van der Waals surface area contributed by atoms with Crippen LogP contribution in [-0.4, -0.2) is 67.4 Å². The zero-order valence-corrected chi connectivity index (χ0v) is 31.3. The number of nitrogens with one attached hydrogen (secondary N) is 2. The predicted molar refractivity (Wildman–Crippen MR) is 200 cm³/mol. The van der Waals surface area contributed by atoms with Crippen LogP contribution in [0, 0.1) is 11.8 Å². The second-order valence-electron chi connectivity index (χ2n) is 15.2. The second kappa shape index (κ2) is 18.1. The van der Waals surface area contributed by atoms with Crippen molar-refractivity contribution in [2.24, 2.45) is 11.8 Å². The molecule has 9 atom stereocenters. The minimum absolute atomic E-state index is 0.0319.